The number of hydrogen-bond acceptors (Lipinski definition) is 3. The molecule has 12 heavy (non-hydrogen) atoms. The molecule has 0 aromatic carbocycles. The second-order valence-corrected chi connectivity index (χ2v) is 2.08. The Morgan fingerprint density at radius 2 is 2.08 bits per heavy atom. The van der Waals surface area contributed by atoms with Crippen molar-refractivity contribution in [1.82, 2.24) is 9.97 Å². The lowest BCUT2D eigenvalue weighted by Crippen LogP contribution is -2.21. The van der Waals surface area contributed by atoms with Gasteiger partial charge in [-0.3, -0.25) is 0 Å². The Balaban J connectivity index is 2.86. The summed E-state index contributed by atoms with van der Waals surface area (Å²) in [6, 6.07) is 1.01. The van der Waals surface area contributed by atoms with Crippen LogP contribution in [-0.2, 0) is 0 Å². The highest BCUT2D eigenvalue weighted by Crippen LogP contribution is 2.30. The van der Waals surface area contributed by atoms with Crippen molar-refractivity contribution in [3.63, 3.8) is 0 Å². The fourth-order valence-corrected chi connectivity index (χ4v) is 0.630. The lowest BCUT2D eigenvalue weighted by Gasteiger charge is -2.12. The maximum absolute atomic E-state index is 11.8. The average molecular weight is 178 g/mol. The molecular formula is C6H5F3N2O. The van der Waals surface area contributed by atoms with E-state index in [2.05, 4.69) is 9.97 Å². The highest BCUT2D eigenvalue weighted by Gasteiger charge is 2.40. The van der Waals surface area contributed by atoms with Gasteiger partial charge in [0.15, 0.2) is 6.10 Å². The van der Waals surface area contributed by atoms with Gasteiger partial charge >= 0.3 is 6.18 Å². The average Bonchev–Trinajstić information content (AvgIpc) is 2.03. The molecule has 1 heterocycles. The largest absolute Gasteiger partial charge is 0.420 e. The minimum absolute atomic E-state index is 0.447. The predicted octanol–water partition coefficient (Wildman–Crippen LogP) is 1.07. The monoisotopic (exact) mass is 178 g/mol. The first-order valence-electron chi connectivity index (χ1n) is 3.02. The van der Waals surface area contributed by atoms with Crippen LogP contribution in [0.25, 0.3) is 0 Å². The molecule has 66 valence electrons. The Morgan fingerprint density at radius 3 is 2.50 bits per heavy atom. The maximum atomic E-state index is 11.8. The van der Waals surface area contributed by atoms with Crippen molar-refractivity contribution >= 4 is 0 Å². The zero-order valence-electron chi connectivity index (χ0n) is 5.78. The zero-order chi connectivity index (χ0) is 9.19. The van der Waals surface area contributed by atoms with Crippen molar-refractivity contribution in [2.75, 3.05) is 0 Å². The van der Waals surface area contributed by atoms with Crippen LogP contribution in [0, 0.1) is 0 Å². The number of alkyl halides is 3. The van der Waals surface area contributed by atoms with Gasteiger partial charge in [0, 0.05) is 6.20 Å². The molecule has 0 aliphatic carbocycles. The summed E-state index contributed by atoms with van der Waals surface area (Å²) in [6.45, 7) is 0. The van der Waals surface area contributed by atoms with Crippen LogP contribution < -0.4 is 0 Å². The van der Waals surface area contributed by atoms with Crippen LogP contribution in [0.3, 0.4) is 0 Å². The standard InChI is InChI=1S/C6H5F3N2O/c7-6(8,9)5(12)4-1-2-10-3-11-4/h1-3,5,12H/t5-/m0/s1. The molecule has 0 spiro atoms. The van der Waals surface area contributed by atoms with Crippen molar-refractivity contribution in [3.8, 4) is 0 Å². The van der Waals surface area contributed by atoms with Crippen LogP contribution in [0.4, 0.5) is 13.2 Å². The lowest BCUT2D eigenvalue weighted by molar-refractivity contribution is -0.208. The fourth-order valence-electron chi connectivity index (χ4n) is 0.630. The molecule has 0 saturated heterocycles. The zero-order valence-corrected chi connectivity index (χ0v) is 5.78. The first-order chi connectivity index (χ1) is 5.52. The Bertz CT molecular complexity index is 249. The Hall–Kier alpha value is -1.17. The number of aromatic nitrogens is 2. The van der Waals surface area contributed by atoms with E-state index in [1.807, 2.05) is 0 Å². The van der Waals surface area contributed by atoms with Gasteiger partial charge in [-0.15, -0.1) is 0 Å². The molecule has 1 N–H and O–H groups in total. The summed E-state index contributed by atoms with van der Waals surface area (Å²) >= 11 is 0. The number of nitrogens with zero attached hydrogens (tertiary/aromatic N) is 2. The number of rotatable bonds is 1. The highest BCUT2D eigenvalue weighted by atomic mass is 19.4. The molecule has 0 fully saturated rings. The van der Waals surface area contributed by atoms with Crippen LogP contribution in [0.5, 0.6) is 0 Å². The third-order valence-corrected chi connectivity index (χ3v) is 1.20. The summed E-state index contributed by atoms with van der Waals surface area (Å²) < 4.78 is 35.5. The second kappa shape index (κ2) is 3.06. The molecule has 3 nitrogen and oxygen atoms in total. The molecule has 0 saturated carbocycles. The highest BCUT2D eigenvalue weighted by molar-refractivity contribution is 5.03. The summed E-state index contributed by atoms with van der Waals surface area (Å²) in [5.41, 5.74) is -0.447. The number of aliphatic hydroxyl groups is 1. The van der Waals surface area contributed by atoms with Crippen molar-refractivity contribution in [2.45, 2.75) is 12.3 Å². The minimum atomic E-state index is -4.67. The van der Waals surface area contributed by atoms with Gasteiger partial charge in [0.25, 0.3) is 0 Å². The van der Waals surface area contributed by atoms with Crippen molar-refractivity contribution < 1.29 is 18.3 Å². The van der Waals surface area contributed by atoms with Gasteiger partial charge in [-0.05, 0) is 6.07 Å². The molecule has 1 atom stereocenters. The third-order valence-electron chi connectivity index (χ3n) is 1.20. The fraction of sp³-hybridized carbons (Fsp3) is 0.333. The smallest absolute Gasteiger partial charge is 0.378 e. The van der Waals surface area contributed by atoms with E-state index in [9.17, 15) is 13.2 Å². The minimum Gasteiger partial charge on any atom is -0.378 e. The van der Waals surface area contributed by atoms with Crippen LogP contribution >= 0.6 is 0 Å². The van der Waals surface area contributed by atoms with Gasteiger partial charge in [0.1, 0.15) is 6.33 Å². The summed E-state index contributed by atoms with van der Waals surface area (Å²) in [5, 5.41) is 8.64. The van der Waals surface area contributed by atoms with E-state index >= 15 is 0 Å². The number of aliphatic hydroxyl groups excluding tert-OH is 1. The van der Waals surface area contributed by atoms with E-state index in [1.54, 1.807) is 0 Å². The van der Waals surface area contributed by atoms with Crippen LogP contribution in [0.2, 0.25) is 0 Å². The lowest BCUT2D eigenvalue weighted by atomic mass is 10.2. The first-order valence-corrected chi connectivity index (χ1v) is 3.02. The molecule has 0 aliphatic rings. The van der Waals surface area contributed by atoms with E-state index < -0.39 is 18.0 Å². The Kier molecular flexibility index (Phi) is 2.27. The van der Waals surface area contributed by atoms with Crippen LogP contribution in [0.15, 0.2) is 18.6 Å². The number of hydrogen-bond donors (Lipinski definition) is 1. The summed E-state index contributed by atoms with van der Waals surface area (Å²) in [6.07, 6.45) is -5.11. The van der Waals surface area contributed by atoms with Gasteiger partial charge in [-0.1, -0.05) is 0 Å². The quantitative estimate of drug-likeness (QED) is 0.699. The van der Waals surface area contributed by atoms with E-state index in [0.717, 1.165) is 18.6 Å². The van der Waals surface area contributed by atoms with Crippen LogP contribution in [-0.4, -0.2) is 21.3 Å². The SMILES string of the molecule is O[C@@H](c1ccncn1)C(F)(F)F. The normalized spacial score (nSPS) is 14.3. The Morgan fingerprint density at radius 1 is 1.42 bits per heavy atom. The number of halogens is 3. The van der Waals surface area contributed by atoms with Gasteiger partial charge < -0.3 is 5.11 Å². The van der Waals surface area contributed by atoms with Crippen molar-refractivity contribution in [2.24, 2.45) is 0 Å². The Labute approximate surface area is 65.9 Å². The molecule has 0 amide bonds. The topological polar surface area (TPSA) is 46.0 Å². The molecule has 1 aromatic rings. The molecule has 0 radical (unpaired) electrons. The van der Waals surface area contributed by atoms with Gasteiger partial charge in [0.2, 0.25) is 0 Å². The first kappa shape index (κ1) is 8.92. The van der Waals surface area contributed by atoms with E-state index in [4.69, 9.17) is 5.11 Å². The van der Waals surface area contributed by atoms with E-state index in [0.29, 0.717) is 0 Å². The second-order valence-electron chi connectivity index (χ2n) is 2.08. The molecule has 0 aliphatic heterocycles. The van der Waals surface area contributed by atoms with Crippen molar-refractivity contribution in [3.05, 3.63) is 24.3 Å². The molecule has 0 unspecified atom stereocenters. The maximum Gasteiger partial charge on any atom is 0.420 e. The van der Waals surface area contributed by atoms with Gasteiger partial charge in [-0.2, -0.15) is 13.2 Å². The molecule has 1 rings (SSSR count). The van der Waals surface area contributed by atoms with Gasteiger partial charge in [-0.25, -0.2) is 9.97 Å². The summed E-state index contributed by atoms with van der Waals surface area (Å²) in [7, 11) is 0. The summed E-state index contributed by atoms with van der Waals surface area (Å²) in [4.78, 5) is 6.68. The molecule has 1 aromatic heterocycles. The predicted molar refractivity (Wildman–Crippen MR) is 33.0 cm³/mol. The van der Waals surface area contributed by atoms with Crippen LogP contribution in [0.1, 0.15) is 11.8 Å². The van der Waals surface area contributed by atoms with Crippen molar-refractivity contribution in [1.29, 1.82) is 0 Å². The third kappa shape index (κ3) is 1.91. The van der Waals surface area contributed by atoms with E-state index in [-0.39, 0.29) is 0 Å². The van der Waals surface area contributed by atoms with E-state index in [1.165, 1.54) is 0 Å². The summed E-state index contributed by atoms with van der Waals surface area (Å²) in [5.74, 6) is 0. The van der Waals surface area contributed by atoms with Gasteiger partial charge in [0.05, 0.1) is 5.69 Å². The molecule has 6 heteroatoms. The molecular weight excluding hydrogens is 173 g/mol. The molecule has 0 bridgehead atoms.